The first kappa shape index (κ1) is 27.1. The maximum Gasteiger partial charge on any atom is 0.326 e. The normalized spacial score (nSPS) is 12.1. The fraction of sp³-hybridized carbons (Fsp3) is 0.381. The Hall–Kier alpha value is -3.93. The maximum atomic E-state index is 11.8. The van der Waals surface area contributed by atoms with Crippen molar-refractivity contribution in [1.82, 2.24) is 20.6 Å². The van der Waals surface area contributed by atoms with E-state index < -0.39 is 42.4 Å². The summed E-state index contributed by atoms with van der Waals surface area (Å²) in [5.74, 6) is -2.88. The van der Waals surface area contributed by atoms with Crippen LogP contribution in [0.4, 0.5) is 0 Å². The molecule has 2 amide bonds. The first-order valence-electron chi connectivity index (χ1n) is 10.0. The Morgan fingerprint density at radius 2 is 1.76 bits per heavy atom. The minimum Gasteiger partial charge on any atom is -0.508 e. The largest absolute Gasteiger partial charge is 0.508 e. The Morgan fingerprint density at radius 3 is 2.24 bits per heavy atom. The van der Waals surface area contributed by atoms with E-state index in [1.165, 1.54) is 30.6 Å². The Bertz CT molecular complexity index is 914. The molecular formula is C21H29N5O7. The van der Waals surface area contributed by atoms with Crippen LogP contribution in [0.1, 0.15) is 36.3 Å². The Kier molecular flexibility index (Phi) is 11.1. The van der Waals surface area contributed by atoms with Crippen molar-refractivity contribution in [3.63, 3.8) is 0 Å². The molecule has 0 radical (unpaired) electrons. The molecule has 180 valence electrons. The van der Waals surface area contributed by atoms with E-state index in [0.717, 1.165) is 0 Å². The molecule has 1 heterocycles. The molecule has 2 aromatic rings. The van der Waals surface area contributed by atoms with Crippen molar-refractivity contribution in [3.8, 4) is 5.75 Å². The lowest BCUT2D eigenvalue weighted by Gasteiger charge is -2.18. The summed E-state index contributed by atoms with van der Waals surface area (Å²) in [6, 6.07) is 3.82. The van der Waals surface area contributed by atoms with Crippen LogP contribution in [0.25, 0.3) is 0 Å². The fourth-order valence-corrected chi connectivity index (χ4v) is 2.56. The molecule has 0 unspecified atom stereocenters. The number of nitrogens with zero attached hydrogens (tertiary/aromatic N) is 1. The second-order valence-corrected chi connectivity index (χ2v) is 7.52. The number of carboxylic acid groups (broad SMARTS) is 2. The molecule has 0 spiro atoms. The lowest BCUT2D eigenvalue weighted by atomic mass is 10.0. The van der Waals surface area contributed by atoms with Crippen molar-refractivity contribution in [3.05, 3.63) is 48.0 Å². The van der Waals surface area contributed by atoms with Crippen molar-refractivity contribution in [2.75, 3.05) is 6.54 Å². The van der Waals surface area contributed by atoms with Crippen LogP contribution in [0.15, 0.2) is 36.8 Å². The van der Waals surface area contributed by atoms with Crippen LogP contribution < -0.4 is 16.4 Å². The lowest BCUT2D eigenvalue weighted by molar-refractivity contribution is -0.142. The van der Waals surface area contributed by atoms with E-state index >= 15 is 0 Å². The average Bonchev–Trinajstić information content (AvgIpc) is 3.25. The molecule has 12 nitrogen and oxygen atoms in total. The predicted molar refractivity (Wildman–Crippen MR) is 117 cm³/mol. The third-order valence-electron chi connectivity index (χ3n) is 4.17. The van der Waals surface area contributed by atoms with Gasteiger partial charge >= 0.3 is 11.9 Å². The molecule has 12 heteroatoms. The number of carboxylic acids is 2. The molecular weight excluding hydrogens is 434 g/mol. The Labute approximate surface area is 190 Å². The number of phenolic OH excluding ortho intramolecular Hbond substituents is 1. The molecule has 0 aliphatic heterocycles. The molecule has 0 saturated heterocycles. The lowest BCUT2D eigenvalue weighted by Crippen LogP contribution is -2.49. The summed E-state index contributed by atoms with van der Waals surface area (Å²) < 4.78 is 0. The van der Waals surface area contributed by atoms with Gasteiger partial charge in [-0.25, -0.2) is 9.78 Å². The molecule has 2 atom stereocenters. The first-order valence-corrected chi connectivity index (χ1v) is 10.0. The van der Waals surface area contributed by atoms with Crippen LogP contribution in [0, 0.1) is 5.92 Å². The number of hydrogen-bond acceptors (Lipinski definition) is 7. The second kappa shape index (κ2) is 13.5. The van der Waals surface area contributed by atoms with E-state index in [1.54, 1.807) is 6.20 Å². The highest BCUT2D eigenvalue weighted by molar-refractivity contribution is 5.95. The molecule has 8 N–H and O–H groups in total. The highest BCUT2D eigenvalue weighted by atomic mass is 16.4. The number of aromatic hydroxyl groups is 1. The van der Waals surface area contributed by atoms with Gasteiger partial charge in [0.1, 0.15) is 18.3 Å². The summed E-state index contributed by atoms with van der Waals surface area (Å²) in [6.45, 7) is 3.37. The Balaban J connectivity index is 0.000000346. The van der Waals surface area contributed by atoms with Crippen LogP contribution in [-0.4, -0.2) is 67.7 Å². The fourth-order valence-electron chi connectivity index (χ4n) is 2.56. The molecule has 0 bridgehead atoms. The van der Waals surface area contributed by atoms with Gasteiger partial charge in [-0.2, -0.15) is 0 Å². The summed E-state index contributed by atoms with van der Waals surface area (Å²) in [5, 5.41) is 30.9. The smallest absolute Gasteiger partial charge is 0.326 e. The minimum atomic E-state index is -1.10. The highest BCUT2D eigenvalue weighted by Gasteiger charge is 2.24. The number of aromatic nitrogens is 2. The van der Waals surface area contributed by atoms with Gasteiger partial charge in [-0.1, -0.05) is 13.8 Å². The van der Waals surface area contributed by atoms with Crippen LogP contribution in [0.3, 0.4) is 0 Å². The van der Waals surface area contributed by atoms with Crippen LogP contribution in [0.5, 0.6) is 5.75 Å². The van der Waals surface area contributed by atoms with Crippen molar-refractivity contribution < 1.29 is 34.5 Å². The number of amides is 2. The molecule has 0 aliphatic carbocycles. The van der Waals surface area contributed by atoms with E-state index in [9.17, 15) is 19.2 Å². The zero-order valence-electron chi connectivity index (χ0n) is 18.3. The number of carbonyl (C=O) groups excluding carboxylic acids is 2. The summed E-state index contributed by atoms with van der Waals surface area (Å²) >= 11 is 0. The molecule has 0 fully saturated rings. The summed E-state index contributed by atoms with van der Waals surface area (Å²) in [4.78, 5) is 50.9. The van der Waals surface area contributed by atoms with E-state index in [-0.39, 0.29) is 18.1 Å². The Morgan fingerprint density at radius 1 is 1.12 bits per heavy atom. The van der Waals surface area contributed by atoms with Gasteiger partial charge < -0.3 is 36.7 Å². The molecule has 0 saturated carbocycles. The van der Waals surface area contributed by atoms with Crippen LogP contribution in [0.2, 0.25) is 0 Å². The third kappa shape index (κ3) is 10.8. The van der Waals surface area contributed by atoms with Gasteiger partial charge in [0.05, 0.1) is 18.1 Å². The highest BCUT2D eigenvalue weighted by Crippen LogP contribution is 2.09. The topological polar surface area (TPSA) is 208 Å². The first-order chi connectivity index (χ1) is 15.5. The van der Waals surface area contributed by atoms with Gasteiger partial charge in [0, 0.05) is 18.2 Å². The van der Waals surface area contributed by atoms with Crippen molar-refractivity contribution >= 4 is 23.8 Å². The number of aromatic amines is 1. The minimum absolute atomic E-state index is 0.0554. The number of phenols is 1. The van der Waals surface area contributed by atoms with Gasteiger partial charge in [0.2, 0.25) is 5.91 Å². The molecule has 0 aliphatic rings. The maximum absolute atomic E-state index is 11.8. The molecule has 1 aromatic heterocycles. The summed E-state index contributed by atoms with van der Waals surface area (Å²) in [6.07, 6.45) is 3.79. The number of carbonyl (C=O) groups is 4. The molecule has 1 aromatic carbocycles. The van der Waals surface area contributed by atoms with Crippen molar-refractivity contribution in [2.45, 2.75) is 38.8 Å². The second-order valence-electron chi connectivity index (χ2n) is 7.52. The number of rotatable bonds is 10. The zero-order chi connectivity index (χ0) is 25.0. The number of imidazole rings is 1. The average molecular weight is 463 g/mol. The quantitative estimate of drug-likeness (QED) is 0.254. The van der Waals surface area contributed by atoms with E-state index in [1.807, 2.05) is 13.8 Å². The van der Waals surface area contributed by atoms with Gasteiger partial charge in [-0.05, 0) is 36.6 Å². The summed E-state index contributed by atoms with van der Waals surface area (Å²) in [7, 11) is 0. The SMILES string of the molecule is CC(C)C[C@H](NC(=O)[C@@H](N)Cc1c[nH]cn1)C(=O)O.O=C(O)CNC(=O)c1ccc(O)cc1. The number of nitrogens with two attached hydrogens (primary N) is 1. The van der Waals surface area contributed by atoms with E-state index in [4.69, 9.17) is 21.1 Å². The standard InChI is InChI=1S/C12H20N4O3.C9H9NO4/c1-7(2)3-10(12(18)19)16-11(17)9(13)4-8-5-14-6-15-8;11-7-3-1-6(2-4-7)9(14)10-5-8(12)13/h5-7,9-10H,3-4,13H2,1-2H3,(H,14,15)(H,16,17)(H,18,19);1-4,11H,5H2,(H,10,14)(H,12,13)/t9-,10-;/m0./s1. The van der Waals surface area contributed by atoms with Crippen LogP contribution in [-0.2, 0) is 20.8 Å². The van der Waals surface area contributed by atoms with E-state index in [0.29, 0.717) is 17.7 Å². The predicted octanol–water partition coefficient (Wildman–Crippen LogP) is 0.102. The van der Waals surface area contributed by atoms with Crippen molar-refractivity contribution in [1.29, 1.82) is 0 Å². The number of hydrogen-bond donors (Lipinski definition) is 7. The van der Waals surface area contributed by atoms with E-state index in [2.05, 4.69) is 20.6 Å². The number of H-pyrrole nitrogens is 1. The number of nitrogens with one attached hydrogen (secondary N) is 3. The van der Waals surface area contributed by atoms with Crippen molar-refractivity contribution in [2.24, 2.45) is 11.7 Å². The number of benzene rings is 1. The van der Waals surface area contributed by atoms with Crippen LogP contribution >= 0.6 is 0 Å². The third-order valence-corrected chi connectivity index (χ3v) is 4.17. The van der Waals surface area contributed by atoms with Gasteiger partial charge in [0.25, 0.3) is 5.91 Å². The summed E-state index contributed by atoms with van der Waals surface area (Å²) in [5.41, 5.74) is 6.70. The zero-order valence-corrected chi connectivity index (χ0v) is 18.3. The molecule has 33 heavy (non-hydrogen) atoms. The van der Waals surface area contributed by atoms with Gasteiger partial charge in [0.15, 0.2) is 0 Å². The van der Waals surface area contributed by atoms with Gasteiger partial charge in [-0.3, -0.25) is 14.4 Å². The monoisotopic (exact) mass is 463 g/mol. The molecule has 2 rings (SSSR count). The van der Waals surface area contributed by atoms with Gasteiger partial charge in [-0.15, -0.1) is 0 Å². The number of aliphatic carboxylic acids is 2.